The van der Waals surface area contributed by atoms with Crippen LogP contribution in [0.5, 0.6) is 5.88 Å². The van der Waals surface area contributed by atoms with Gasteiger partial charge in [0.15, 0.2) is 6.61 Å². The predicted molar refractivity (Wildman–Crippen MR) is 50.7 cm³/mol. The highest BCUT2D eigenvalue weighted by Gasteiger charge is 2.73. The highest BCUT2D eigenvalue weighted by atomic mass is 35.5. The zero-order chi connectivity index (χ0) is 14.9. The van der Waals surface area contributed by atoms with E-state index in [1.54, 1.807) is 0 Å². The normalized spacial score (nSPS) is 13.5. The first-order valence-corrected chi connectivity index (χ1v) is 4.92. The predicted octanol–water partition coefficient (Wildman–Crippen LogP) is 3.95. The van der Waals surface area contributed by atoms with E-state index < -0.39 is 30.5 Å². The van der Waals surface area contributed by atoms with E-state index in [0.29, 0.717) is 0 Å². The summed E-state index contributed by atoms with van der Waals surface area (Å²) in [6.07, 6.45) is -5.35. The molecule has 1 rings (SSSR count). The second-order valence-corrected chi connectivity index (χ2v) is 3.76. The van der Waals surface area contributed by atoms with Crippen molar-refractivity contribution in [3.05, 3.63) is 23.4 Å². The zero-order valence-electron chi connectivity index (χ0n) is 8.82. The Hall–Kier alpha value is -1.25. The first kappa shape index (κ1) is 15.8. The average molecular weight is 312 g/mol. The molecule has 108 valence electrons. The number of halogens is 8. The monoisotopic (exact) mass is 311 g/mol. The van der Waals surface area contributed by atoms with Gasteiger partial charge in [-0.05, 0) is 12.1 Å². The molecule has 0 fully saturated rings. The average Bonchev–Trinajstić information content (AvgIpc) is 2.26. The molecule has 0 aliphatic rings. The Bertz CT molecular complexity index is 448. The van der Waals surface area contributed by atoms with Crippen LogP contribution >= 0.6 is 11.6 Å². The van der Waals surface area contributed by atoms with Crippen molar-refractivity contribution in [3.8, 4) is 5.88 Å². The number of nitrogens with zero attached hydrogens (tertiary/aromatic N) is 1. The van der Waals surface area contributed by atoms with Gasteiger partial charge in [0, 0.05) is 6.20 Å². The van der Waals surface area contributed by atoms with Crippen LogP contribution in [0.25, 0.3) is 0 Å². The third-order valence-electron chi connectivity index (χ3n) is 1.93. The molecule has 0 aromatic carbocycles. The van der Waals surface area contributed by atoms with Crippen LogP contribution in [-0.2, 0) is 0 Å². The standard InChI is InChI=1S/C9H5ClF7NO/c10-5-2-1-3-18-6(5)19-4-7(11,12)8(13,14)9(15,16)17/h1-3H,4H2. The van der Waals surface area contributed by atoms with E-state index in [2.05, 4.69) is 9.72 Å². The molecule has 0 aliphatic heterocycles. The lowest BCUT2D eigenvalue weighted by molar-refractivity contribution is -0.358. The minimum absolute atomic E-state index is 0.298. The van der Waals surface area contributed by atoms with E-state index in [-0.39, 0.29) is 5.02 Å². The maximum absolute atomic E-state index is 12.8. The van der Waals surface area contributed by atoms with Gasteiger partial charge in [-0.1, -0.05) is 11.6 Å². The van der Waals surface area contributed by atoms with Crippen molar-refractivity contribution in [2.24, 2.45) is 0 Å². The van der Waals surface area contributed by atoms with Crippen LogP contribution < -0.4 is 4.74 Å². The Morgan fingerprint density at radius 2 is 1.68 bits per heavy atom. The Kier molecular flexibility index (Phi) is 4.18. The first-order chi connectivity index (χ1) is 8.49. The summed E-state index contributed by atoms with van der Waals surface area (Å²) in [5.41, 5.74) is 0. The van der Waals surface area contributed by atoms with Crippen LogP contribution in [0.15, 0.2) is 18.3 Å². The van der Waals surface area contributed by atoms with Crippen molar-refractivity contribution < 1.29 is 35.5 Å². The van der Waals surface area contributed by atoms with Crippen LogP contribution in [0.4, 0.5) is 30.7 Å². The first-order valence-electron chi connectivity index (χ1n) is 4.55. The molecule has 0 spiro atoms. The molecule has 0 unspecified atom stereocenters. The van der Waals surface area contributed by atoms with E-state index in [9.17, 15) is 30.7 Å². The number of hydrogen-bond acceptors (Lipinski definition) is 2. The summed E-state index contributed by atoms with van der Waals surface area (Å²) < 4.78 is 90.2. The fourth-order valence-corrected chi connectivity index (χ4v) is 1.11. The molecule has 1 aromatic rings. The van der Waals surface area contributed by atoms with Crippen molar-refractivity contribution in [1.29, 1.82) is 0 Å². The number of rotatable bonds is 4. The van der Waals surface area contributed by atoms with Gasteiger partial charge < -0.3 is 4.74 Å². The number of aromatic nitrogens is 1. The van der Waals surface area contributed by atoms with Gasteiger partial charge in [0.05, 0.1) is 0 Å². The van der Waals surface area contributed by atoms with Crippen molar-refractivity contribution in [2.75, 3.05) is 6.61 Å². The van der Waals surface area contributed by atoms with Gasteiger partial charge in [0.1, 0.15) is 5.02 Å². The molecule has 0 N–H and O–H groups in total. The molecule has 0 atom stereocenters. The number of hydrogen-bond donors (Lipinski definition) is 0. The highest BCUT2D eigenvalue weighted by molar-refractivity contribution is 6.31. The SMILES string of the molecule is FC(F)(F)C(F)(F)C(F)(F)COc1ncccc1Cl. The summed E-state index contributed by atoms with van der Waals surface area (Å²) in [5, 5.41) is -0.298. The van der Waals surface area contributed by atoms with Crippen LogP contribution in [-0.4, -0.2) is 29.6 Å². The molecule has 0 radical (unpaired) electrons. The lowest BCUT2D eigenvalue weighted by Crippen LogP contribution is -2.54. The van der Waals surface area contributed by atoms with E-state index in [0.717, 1.165) is 12.3 Å². The molecule has 0 aliphatic carbocycles. The molecular formula is C9H5ClF7NO. The van der Waals surface area contributed by atoms with Crippen molar-refractivity contribution >= 4 is 11.6 Å². The largest absolute Gasteiger partial charge is 0.470 e. The summed E-state index contributed by atoms with van der Waals surface area (Å²) in [6.45, 7) is -2.21. The van der Waals surface area contributed by atoms with E-state index in [1.807, 2.05) is 0 Å². The van der Waals surface area contributed by atoms with Gasteiger partial charge in [0.2, 0.25) is 5.88 Å². The highest BCUT2D eigenvalue weighted by Crippen LogP contribution is 2.46. The number of ether oxygens (including phenoxy) is 1. The fraction of sp³-hybridized carbons (Fsp3) is 0.444. The topological polar surface area (TPSA) is 22.1 Å². The number of alkyl halides is 7. The van der Waals surface area contributed by atoms with E-state index in [1.165, 1.54) is 6.07 Å². The van der Waals surface area contributed by atoms with Crippen molar-refractivity contribution in [1.82, 2.24) is 4.98 Å². The molecule has 10 heteroatoms. The van der Waals surface area contributed by atoms with Crippen LogP contribution in [0.1, 0.15) is 0 Å². The molecule has 0 bridgehead atoms. The van der Waals surface area contributed by atoms with Gasteiger partial charge in [-0.25, -0.2) is 4.98 Å². The fourth-order valence-electron chi connectivity index (χ4n) is 0.934. The van der Waals surface area contributed by atoms with E-state index in [4.69, 9.17) is 11.6 Å². The Labute approximate surface area is 107 Å². The maximum atomic E-state index is 12.8. The van der Waals surface area contributed by atoms with Crippen molar-refractivity contribution in [2.45, 2.75) is 18.0 Å². The second kappa shape index (κ2) is 5.03. The Morgan fingerprint density at radius 3 is 2.16 bits per heavy atom. The molecular weight excluding hydrogens is 307 g/mol. The summed E-state index contributed by atoms with van der Waals surface area (Å²) in [5.74, 6) is -12.3. The third-order valence-corrected chi connectivity index (χ3v) is 2.22. The minimum Gasteiger partial charge on any atom is -0.470 e. The summed E-state index contributed by atoms with van der Waals surface area (Å²) in [6, 6.07) is 2.43. The Balaban J connectivity index is 2.84. The lowest BCUT2D eigenvalue weighted by atomic mass is 10.2. The molecule has 0 saturated carbocycles. The molecule has 2 nitrogen and oxygen atoms in total. The van der Waals surface area contributed by atoms with Gasteiger partial charge in [-0.3, -0.25) is 0 Å². The minimum atomic E-state index is -6.40. The summed E-state index contributed by atoms with van der Waals surface area (Å²) in [7, 11) is 0. The number of pyridine rings is 1. The smallest absolute Gasteiger partial charge is 0.460 e. The molecule has 1 heterocycles. The van der Waals surface area contributed by atoms with Gasteiger partial charge in [-0.2, -0.15) is 30.7 Å². The van der Waals surface area contributed by atoms with Crippen molar-refractivity contribution in [3.63, 3.8) is 0 Å². The molecule has 0 amide bonds. The third kappa shape index (κ3) is 3.20. The second-order valence-electron chi connectivity index (χ2n) is 3.36. The molecule has 0 saturated heterocycles. The van der Waals surface area contributed by atoms with Crippen LogP contribution in [0, 0.1) is 0 Å². The summed E-state index contributed by atoms with van der Waals surface area (Å²) in [4.78, 5) is 3.31. The maximum Gasteiger partial charge on any atom is 0.460 e. The zero-order valence-corrected chi connectivity index (χ0v) is 9.57. The quantitative estimate of drug-likeness (QED) is 0.786. The summed E-state index contributed by atoms with van der Waals surface area (Å²) >= 11 is 5.42. The lowest BCUT2D eigenvalue weighted by Gasteiger charge is -2.27. The van der Waals surface area contributed by atoms with Crippen LogP contribution in [0.3, 0.4) is 0 Å². The van der Waals surface area contributed by atoms with Gasteiger partial charge in [0.25, 0.3) is 0 Å². The van der Waals surface area contributed by atoms with E-state index >= 15 is 0 Å². The molecule has 19 heavy (non-hydrogen) atoms. The Morgan fingerprint density at radius 1 is 1.11 bits per heavy atom. The van der Waals surface area contributed by atoms with Gasteiger partial charge >= 0.3 is 18.0 Å². The molecule has 1 aromatic heterocycles. The van der Waals surface area contributed by atoms with Gasteiger partial charge in [-0.15, -0.1) is 0 Å². The van der Waals surface area contributed by atoms with Crippen LogP contribution in [0.2, 0.25) is 5.02 Å².